The van der Waals surface area contributed by atoms with Crippen LogP contribution in [-0.2, 0) is 14.3 Å². The molecule has 2 fully saturated rings. The Bertz CT molecular complexity index is 263. The van der Waals surface area contributed by atoms with Gasteiger partial charge >= 0.3 is 0 Å². The standard InChI is InChI=1S/C15H26O3/c1-2-18-15(10-3-4-11-15)14(16)9-5-7-13-8-6-12-17-13/h13H,2-12H2,1H3. The summed E-state index contributed by atoms with van der Waals surface area (Å²) >= 11 is 0. The first-order valence-electron chi connectivity index (χ1n) is 7.56. The third-order valence-electron chi connectivity index (χ3n) is 4.29. The Morgan fingerprint density at radius 3 is 2.72 bits per heavy atom. The number of rotatable bonds is 7. The minimum absolute atomic E-state index is 0.333. The van der Waals surface area contributed by atoms with Crippen molar-refractivity contribution in [1.82, 2.24) is 0 Å². The Morgan fingerprint density at radius 2 is 2.11 bits per heavy atom. The van der Waals surface area contributed by atoms with Crippen molar-refractivity contribution >= 4 is 5.78 Å². The molecule has 0 aromatic heterocycles. The molecule has 0 amide bonds. The van der Waals surface area contributed by atoms with Gasteiger partial charge in [-0.15, -0.1) is 0 Å². The van der Waals surface area contributed by atoms with Crippen LogP contribution in [0.1, 0.15) is 64.7 Å². The number of ketones is 1. The number of hydrogen-bond donors (Lipinski definition) is 0. The smallest absolute Gasteiger partial charge is 0.164 e. The van der Waals surface area contributed by atoms with Crippen molar-refractivity contribution < 1.29 is 14.3 Å². The third-order valence-corrected chi connectivity index (χ3v) is 4.29. The highest BCUT2D eigenvalue weighted by molar-refractivity contribution is 5.87. The predicted octanol–water partition coefficient (Wildman–Crippen LogP) is 3.25. The highest BCUT2D eigenvalue weighted by Gasteiger charge is 2.40. The van der Waals surface area contributed by atoms with E-state index in [1.165, 1.54) is 12.8 Å². The van der Waals surface area contributed by atoms with E-state index in [0.717, 1.165) is 45.1 Å². The van der Waals surface area contributed by atoms with Crippen molar-refractivity contribution in [3.63, 3.8) is 0 Å². The minimum atomic E-state index is -0.425. The molecular formula is C15H26O3. The molecule has 18 heavy (non-hydrogen) atoms. The molecule has 1 aliphatic carbocycles. The monoisotopic (exact) mass is 254 g/mol. The van der Waals surface area contributed by atoms with Crippen LogP contribution in [0.2, 0.25) is 0 Å². The van der Waals surface area contributed by atoms with Crippen LogP contribution < -0.4 is 0 Å². The van der Waals surface area contributed by atoms with E-state index in [4.69, 9.17) is 9.47 Å². The second-order valence-electron chi connectivity index (χ2n) is 5.58. The molecule has 0 spiro atoms. The van der Waals surface area contributed by atoms with Gasteiger partial charge in [0.05, 0.1) is 6.10 Å². The summed E-state index contributed by atoms with van der Waals surface area (Å²) in [7, 11) is 0. The topological polar surface area (TPSA) is 35.5 Å². The molecule has 104 valence electrons. The van der Waals surface area contributed by atoms with Gasteiger partial charge in [-0.25, -0.2) is 0 Å². The van der Waals surface area contributed by atoms with Gasteiger partial charge in [0.15, 0.2) is 5.78 Å². The lowest BCUT2D eigenvalue weighted by Crippen LogP contribution is -2.38. The molecule has 0 N–H and O–H groups in total. The molecule has 0 radical (unpaired) electrons. The van der Waals surface area contributed by atoms with E-state index in [1.807, 2.05) is 6.92 Å². The van der Waals surface area contributed by atoms with E-state index >= 15 is 0 Å². The maximum atomic E-state index is 12.4. The van der Waals surface area contributed by atoms with E-state index in [-0.39, 0.29) is 0 Å². The van der Waals surface area contributed by atoms with Crippen LogP contribution in [0.3, 0.4) is 0 Å². The molecule has 1 saturated carbocycles. The minimum Gasteiger partial charge on any atom is -0.378 e. The molecule has 1 atom stereocenters. The third kappa shape index (κ3) is 3.33. The molecule has 0 aromatic rings. The van der Waals surface area contributed by atoms with Crippen molar-refractivity contribution in [3.05, 3.63) is 0 Å². The summed E-state index contributed by atoms with van der Waals surface area (Å²) in [6.45, 7) is 3.54. The van der Waals surface area contributed by atoms with E-state index in [1.54, 1.807) is 0 Å². The summed E-state index contributed by atoms with van der Waals surface area (Å²) in [6, 6.07) is 0. The molecule has 2 rings (SSSR count). The van der Waals surface area contributed by atoms with Gasteiger partial charge in [-0.2, -0.15) is 0 Å². The summed E-state index contributed by atoms with van der Waals surface area (Å²) < 4.78 is 11.4. The zero-order valence-electron chi connectivity index (χ0n) is 11.6. The molecule has 3 nitrogen and oxygen atoms in total. The Hall–Kier alpha value is -0.410. The molecule has 1 saturated heterocycles. The number of Topliss-reactive ketones (excluding diaryl/α,β-unsaturated/α-hetero) is 1. The second kappa shape index (κ2) is 6.67. The van der Waals surface area contributed by atoms with Crippen LogP contribution in [0.4, 0.5) is 0 Å². The Morgan fingerprint density at radius 1 is 1.33 bits per heavy atom. The lowest BCUT2D eigenvalue weighted by molar-refractivity contribution is -0.143. The van der Waals surface area contributed by atoms with Crippen molar-refractivity contribution in [3.8, 4) is 0 Å². The van der Waals surface area contributed by atoms with E-state index in [2.05, 4.69) is 0 Å². The highest BCUT2D eigenvalue weighted by Crippen LogP contribution is 2.35. The Balaban J connectivity index is 1.74. The van der Waals surface area contributed by atoms with Crippen LogP contribution in [0.25, 0.3) is 0 Å². The second-order valence-corrected chi connectivity index (χ2v) is 5.58. The van der Waals surface area contributed by atoms with Gasteiger partial charge < -0.3 is 9.47 Å². The van der Waals surface area contributed by atoms with Gasteiger partial charge in [-0.3, -0.25) is 4.79 Å². The first-order chi connectivity index (χ1) is 8.77. The quantitative estimate of drug-likeness (QED) is 0.699. The first-order valence-corrected chi connectivity index (χ1v) is 7.56. The molecule has 3 heteroatoms. The van der Waals surface area contributed by atoms with Crippen molar-refractivity contribution in [2.45, 2.75) is 76.4 Å². The van der Waals surface area contributed by atoms with Crippen molar-refractivity contribution in [2.24, 2.45) is 0 Å². The molecular weight excluding hydrogens is 228 g/mol. The molecule has 1 heterocycles. The first kappa shape index (κ1) is 14.0. The zero-order chi connectivity index (χ0) is 12.8. The normalized spacial score (nSPS) is 26.6. The van der Waals surface area contributed by atoms with Crippen molar-refractivity contribution in [1.29, 1.82) is 0 Å². The van der Waals surface area contributed by atoms with Gasteiger partial charge in [0.25, 0.3) is 0 Å². The van der Waals surface area contributed by atoms with Crippen LogP contribution in [-0.4, -0.2) is 30.7 Å². The van der Waals surface area contributed by atoms with Crippen LogP contribution in [0.15, 0.2) is 0 Å². The Labute approximate surface area is 110 Å². The van der Waals surface area contributed by atoms with E-state index in [0.29, 0.717) is 24.9 Å². The summed E-state index contributed by atoms with van der Waals surface area (Å²) in [5, 5.41) is 0. The summed E-state index contributed by atoms with van der Waals surface area (Å²) in [4.78, 5) is 12.4. The summed E-state index contributed by atoms with van der Waals surface area (Å²) in [5.41, 5.74) is -0.425. The molecule has 0 aromatic carbocycles. The number of carbonyl (C=O) groups is 1. The van der Waals surface area contributed by atoms with Crippen LogP contribution in [0.5, 0.6) is 0 Å². The van der Waals surface area contributed by atoms with E-state index in [9.17, 15) is 4.79 Å². The molecule has 0 bridgehead atoms. The maximum absolute atomic E-state index is 12.4. The van der Waals surface area contributed by atoms with Gasteiger partial charge in [-0.1, -0.05) is 0 Å². The lowest BCUT2D eigenvalue weighted by Gasteiger charge is -2.27. The highest BCUT2D eigenvalue weighted by atomic mass is 16.5. The maximum Gasteiger partial charge on any atom is 0.164 e. The molecule has 2 aliphatic rings. The predicted molar refractivity (Wildman–Crippen MR) is 70.7 cm³/mol. The van der Waals surface area contributed by atoms with Gasteiger partial charge in [0, 0.05) is 19.6 Å². The van der Waals surface area contributed by atoms with Gasteiger partial charge in [0.2, 0.25) is 0 Å². The summed E-state index contributed by atoms with van der Waals surface area (Å²) in [5.74, 6) is 0.333. The van der Waals surface area contributed by atoms with Gasteiger partial charge in [0.1, 0.15) is 5.60 Å². The SMILES string of the molecule is CCOC1(C(=O)CCCC2CCCO2)CCCC1. The fourth-order valence-corrected chi connectivity index (χ4v) is 3.32. The van der Waals surface area contributed by atoms with Gasteiger partial charge in [-0.05, 0) is 58.3 Å². The largest absolute Gasteiger partial charge is 0.378 e. The number of carbonyl (C=O) groups excluding carboxylic acids is 1. The Kier molecular flexibility index (Phi) is 5.19. The van der Waals surface area contributed by atoms with Crippen LogP contribution in [0, 0.1) is 0 Å². The lowest BCUT2D eigenvalue weighted by atomic mass is 9.92. The number of hydrogen-bond acceptors (Lipinski definition) is 3. The average molecular weight is 254 g/mol. The van der Waals surface area contributed by atoms with E-state index < -0.39 is 5.60 Å². The fraction of sp³-hybridized carbons (Fsp3) is 0.933. The molecule has 1 unspecified atom stereocenters. The zero-order valence-corrected chi connectivity index (χ0v) is 11.6. The average Bonchev–Trinajstić information content (AvgIpc) is 3.01. The molecule has 1 aliphatic heterocycles. The van der Waals surface area contributed by atoms with Crippen molar-refractivity contribution in [2.75, 3.05) is 13.2 Å². The van der Waals surface area contributed by atoms with Crippen LogP contribution >= 0.6 is 0 Å². The number of ether oxygens (including phenoxy) is 2. The fourth-order valence-electron chi connectivity index (χ4n) is 3.32. The summed E-state index contributed by atoms with van der Waals surface area (Å²) in [6.07, 6.45) is 9.55.